The molecule has 0 saturated carbocycles. The second-order valence-electron chi connectivity index (χ2n) is 11.5. The summed E-state index contributed by atoms with van der Waals surface area (Å²) in [7, 11) is 0. The molecule has 36 heavy (non-hydrogen) atoms. The highest BCUT2D eigenvalue weighted by atomic mass is 19.1. The number of benzene rings is 2. The van der Waals surface area contributed by atoms with E-state index in [9.17, 15) is 18.7 Å². The monoisotopic (exact) mass is 495 g/mol. The highest BCUT2D eigenvalue weighted by Crippen LogP contribution is 2.44. The molecule has 0 spiro atoms. The van der Waals surface area contributed by atoms with E-state index in [-0.39, 0.29) is 29.2 Å². The van der Waals surface area contributed by atoms with Crippen molar-refractivity contribution in [3.63, 3.8) is 0 Å². The predicted molar refractivity (Wildman–Crippen MR) is 135 cm³/mol. The largest absolute Gasteiger partial charge is 0.384 e. The van der Waals surface area contributed by atoms with E-state index in [2.05, 4.69) is 30.5 Å². The molecule has 2 aliphatic heterocycles. The molecule has 7 heteroatoms. The minimum atomic E-state index is -1.13. The van der Waals surface area contributed by atoms with Gasteiger partial charge >= 0.3 is 0 Å². The number of halogens is 2. The second-order valence-corrected chi connectivity index (χ2v) is 11.5. The Morgan fingerprint density at radius 2 is 1.64 bits per heavy atom. The van der Waals surface area contributed by atoms with Crippen molar-refractivity contribution in [2.45, 2.75) is 51.7 Å². The van der Waals surface area contributed by atoms with Crippen LogP contribution in [0.2, 0.25) is 0 Å². The lowest BCUT2D eigenvalue weighted by molar-refractivity contribution is -0.152. The molecule has 1 unspecified atom stereocenters. The van der Waals surface area contributed by atoms with Crippen molar-refractivity contribution in [1.29, 1.82) is 0 Å². The highest BCUT2D eigenvalue weighted by Gasteiger charge is 2.50. The predicted octanol–water partition coefficient (Wildman–Crippen LogP) is 5.33. The highest BCUT2D eigenvalue weighted by molar-refractivity contribution is 5.81. The molecule has 0 bridgehead atoms. The molecule has 4 rings (SSSR count). The summed E-state index contributed by atoms with van der Waals surface area (Å²) in [5.74, 6) is -2.65. The first kappa shape index (κ1) is 26.2. The summed E-state index contributed by atoms with van der Waals surface area (Å²) < 4.78 is 28.5. The molecular formula is C29H35F2N3O2. The van der Waals surface area contributed by atoms with Crippen LogP contribution < -0.4 is 0 Å². The Bertz CT molecular complexity index is 1160. The fourth-order valence-corrected chi connectivity index (χ4v) is 6.01. The van der Waals surface area contributed by atoms with E-state index in [4.69, 9.17) is 6.57 Å². The van der Waals surface area contributed by atoms with Crippen molar-refractivity contribution in [3.8, 4) is 0 Å². The maximum atomic E-state index is 14.8. The van der Waals surface area contributed by atoms with Crippen LogP contribution in [0.5, 0.6) is 0 Å². The van der Waals surface area contributed by atoms with Crippen molar-refractivity contribution >= 4 is 11.6 Å². The fraction of sp³-hybridized carbons (Fsp3) is 0.517. The molecule has 0 aliphatic carbocycles. The van der Waals surface area contributed by atoms with Gasteiger partial charge in [-0.3, -0.25) is 9.69 Å². The lowest BCUT2D eigenvalue weighted by Crippen LogP contribution is -2.57. The fourth-order valence-electron chi connectivity index (χ4n) is 6.01. The molecule has 2 heterocycles. The van der Waals surface area contributed by atoms with Gasteiger partial charge in [-0.05, 0) is 38.0 Å². The van der Waals surface area contributed by atoms with Gasteiger partial charge in [0.2, 0.25) is 5.91 Å². The first-order valence-electron chi connectivity index (χ1n) is 12.6. The van der Waals surface area contributed by atoms with Crippen molar-refractivity contribution in [3.05, 3.63) is 76.6 Å². The van der Waals surface area contributed by atoms with E-state index < -0.39 is 23.2 Å². The van der Waals surface area contributed by atoms with Gasteiger partial charge in [-0.2, -0.15) is 0 Å². The van der Waals surface area contributed by atoms with Crippen molar-refractivity contribution < 1.29 is 18.7 Å². The van der Waals surface area contributed by atoms with Crippen LogP contribution in [0.1, 0.15) is 51.7 Å². The smallest absolute Gasteiger partial charge is 0.227 e. The third-order valence-electron chi connectivity index (χ3n) is 8.21. The van der Waals surface area contributed by atoms with Gasteiger partial charge in [-0.15, -0.1) is 0 Å². The van der Waals surface area contributed by atoms with Gasteiger partial charge in [-0.25, -0.2) is 13.6 Å². The second kappa shape index (κ2) is 9.57. The Hall–Kier alpha value is -2.82. The first-order valence-corrected chi connectivity index (χ1v) is 12.6. The number of likely N-dealkylation sites (tertiary alicyclic amines) is 2. The molecule has 5 atom stereocenters. The molecule has 0 aromatic heterocycles. The van der Waals surface area contributed by atoms with Gasteiger partial charge in [0.15, 0.2) is 5.69 Å². The van der Waals surface area contributed by atoms with E-state index in [1.54, 1.807) is 24.3 Å². The first-order chi connectivity index (χ1) is 16.9. The zero-order valence-electron chi connectivity index (χ0n) is 21.6. The van der Waals surface area contributed by atoms with Crippen LogP contribution >= 0.6 is 0 Å². The number of hydrogen-bond donors (Lipinski definition) is 1. The zero-order chi connectivity index (χ0) is 26.4. The third kappa shape index (κ3) is 4.65. The summed E-state index contributed by atoms with van der Waals surface area (Å²) in [6.07, 6.45) is 0. The molecule has 2 saturated heterocycles. The van der Waals surface area contributed by atoms with Crippen LogP contribution in [0.3, 0.4) is 0 Å². The van der Waals surface area contributed by atoms with Gasteiger partial charge in [0.1, 0.15) is 11.6 Å². The number of nitrogens with zero attached hydrogens (tertiary/aromatic N) is 3. The Morgan fingerprint density at radius 3 is 2.17 bits per heavy atom. The Balaban J connectivity index is 1.60. The molecule has 2 aliphatic rings. The van der Waals surface area contributed by atoms with E-state index in [0.717, 1.165) is 11.6 Å². The molecule has 1 amide bonds. The number of amides is 1. The Labute approximate surface area is 212 Å². The van der Waals surface area contributed by atoms with E-state index >= 15 is 0 Å². The van der Waals surface area contributed by atoms with Crippen LogP contribution in [0.4, 0.5) is 14.5 Å². The molecule has 1 N–H and O–H groups in total. The summed E-state index contributed by atoms with van der Waals surface area (Å²) in [5, 5.41) is 11.7. The number of rotatable bonds is 3. The molecular weight excluding hydrogens is 460 g/mol. The summed E-state index contributed by atoms with van der Waals surface area (Å²) in [6, 6.07) is 10.6. The van der Waals surface area contributed by atoms with Gasteiger partial charge in [0.25, 0.3) is 0 Å². The van der Waals surface area contributed by atoms with Crippen LogP contribution in [-0.2, 0) is 10.4 Å². The summed E-state index contributed by atoms with van der Waals surface area (Å²) >= 11 is 0. The average molecular weight is 496 g/mol. The van der Waals surface area contributed by atoms with Crippen molar-refractivity contribution in [2.75, 3.05) is 26.2 Å². The zero-order valence-corrected chi connectivity index (χ0v) is 21.6. The molecule has 2 aromatic carbocycles. The van der Waals surface area contributed by atoms with E-state index in [0.29, 0.717) is 37.4 Å². The number of hydrogen-bond acceptors (Lipinski definition) is 3. The van der Waals surface area contributed by atoms with Crippen molar-refractivity contribution in [2.24, 2.45) is 17.8 Å². The van der Waals surface area contributed by atoms with Crippen LogP contribution in [-0.4, -0.2) is 52.5 Å². The number of carbonyl (C=O) groups is 1. The standard InChI is InChI=1S/C29H35F2N3O2/c1-18-14-33(15-19(2)29(18,36)20-7-10-22(32-6)11-8-20)27(35)25-17-34(28(3,4)5)16-24(25)23-12-9-21(30)13-26(23)31/h7-13,18-19,24-25,36H,14-17H2,1-5H3/t18-,19+,24-,25+,29?/m0/s1. The normalized spacial score (nSPS) is 29.2. The van der Waals surface area contributed by atoms with Gasteiger partial charge < -0.3 is 10.0 Å². The lowest BCUT2D eigenvalue weighted by atomic mass is 9.70. The quantitative estimate of drug-likeness (QED) is 0.586. The summed E-state index contributed by atoms with van der Waals surface area (Å²) in [6.45, 7) is 19.0. The van der Waals surface area contributed by atoms with Gasteiger partial charge in [-0.1, -0.05) is 44.2 Å². The Kier molecular flexibility index (Phi) is 6.98. The van der Waals surface area contributed by atoms with Crippen molar-refractivity contribution in [1.82, 2.24) is 9.80 Å². The minimum Gasteiger partial charge on any atom is -0.384 e. The topological polar surface area (TPSA) is 48.1 Å². The van der Waals surface area contributed by atoms with E-state index in [1.807, 2.05) is 18.7 Å². The molecule has 192 valence electrons. The lowest BCUT2D eigenvalue weighted by Gasteiger charge is -2.48. The van der Waals surface area contributed by atoms with Crippen LogP contribution in [0.15, 0.2) is 42.5 Å². The SMILES string of the molecule is [C-]#[N+]c1ccc(C2(O)[C@H](C)CN(C(=O)[C@@H]3CN(C(C)(C)C)C[C@H]3c3ccc(F)cc3F)C[C@@H]2C)cc1. The average Bonchev–Trinajstić information content (AvgIpc) is 3.27. The Morgan fingerprint density at radius 1 is 1.03 bits per heavy atom. The summed E-state index contributed by atoms with van der Waals surface area (Å²) in [4.78, 5) is 21.4. The van der Waals surface area contributed by atoms with Gasteiger partial charge in [0, 0.05) is 55.5 Å². The molecule has 0 radical (unpaired) electrons. The molecule has 5 nitrogen and oxygen atoms in total. The molecule has 2 fully saturated rings. The minimum absolute atomic E-state index is 0.0559. The molecule has 2 aromatic rings. The number of piperidine rings is 1. The maximum absolute atomic E-state index is 14.8. The summed E-state index contributed by atoms with van der Waals surface area (Å²) in [5.41, 5.74) is 0.291. The van der Waals surface area contributed by atoms with E-state index in [1.165, 1.54) is 12.1 Å². The van der Waals surface area contributed by atoms with Crippen LogP contribution in [0, 0.1) is 36.0 Å². The maximum Gasteiger partial charge on any atom is 0.227 e. The van der Waals surface area contributed by atoms with Crippen LogP contribution in [0.25, 0.3) is 4.85 Å². The third-order valence-corrected chi connectivity index (χ3v) is 8.21. The van der Waals surface area contributed by atoms with Gasteiger partial charge in [0.05, 0.1) is 18.1 Å². The number of aliphatic hydroxyl groups is 1. The number of carbonyl (C=O) groups excluding carboxylic acids is 1.